The van der Waals surface area contributed by atoms with E-state index in [9.17, 15) is 9.90 Å². The second-order valence-electron chi connectivity index (χ2n) is 7.86. The lowest BCUT2D eigenvalue weighted by Gasteiger charge is -2.37. The molecule has 2 N–H and O–H groups in total. The number of rotatable bonds is 7. The number of aromatic nitrogens is 2. The molecule has 146 valence electrons. The lowest BCUT2D eigenvalue weighted by atomic mass is 9.73. The molecular weight excluding hydrogens is 338 g/mol. The number of nitrogens with one attached hydrogen (secondary N) is 1. The molecule has 1 aliphatic rings. The van der Waals surface area contributed by atoms with Crippen molar-refractivity contribution in [3.8, 4) is 0 Å². The third-order valence-corrected chi connectivity index (χ3v) is 5.66. The largest absolute Gasteiger partial charge is 0.375 e. The van der Waals surface area contributed by atoms with Crippen LogP contribution in [-0.2, 0) is 16.9 Å². The van der Waals surface area contributed by atoms with Crippen LogP contribution in [0.2, 0.25) is 0 Å². The van der Waals surface area contributed by atoms with Gasteiger partial charge in [-0.1, -0.05) is 63.4 Å². The molecular formula is C22H31N3O2. The number of amides is 1. The predicted octanol–water partition coefficient (Wildman–Crippen LogP) is 3.59. The molecule has 1 aliphatic carbocycles. The lowest BCUT2D eigenvalue weighted by Crippen LogP contribution is -2.50. The first-order valence-electron chi connectivity index (χ1n) is 10.1. The molecule has 3 rings (SSSR count). The second-order valence-corrected chi connectivity index (χ2v) is 7.86. The van der Waals surface area contributed by atoms with Gasteiger partial charge in [0.15, 0.2) is 5.60 Å². The van der Waals surface area contributed by atoms with Crippen LogP contribution in [0.5, 0.6) is 0 Å². The monoisotopic (exact) mass is 369 g/mol. The summed E-state index contributed by atoms with van der Waals surface area (Å²) in [5, 5.41) is 14.5. The van der Waals surface area contributed by atoms with Crippen LogP contribution in [0, 0.1) is 5.92 Å². The maximum atomic E-state index is 13.1. The van der Waals surface area contributed by atoms with Gasteiger partial charge in [-0.3, -0.25) is 4.79 Å². The summed E-state index contributed by atoms with van der Waals surface area (Å²) in [6.07, 6.45) is 8.82. The lowest BCUT2D eigenvalue weighted by molar-refractivity contribution is -0.149. The summed E-state index contributed by atoms with van der Waals surface area (Å²) in [6, 6.07) is 9.41. The number of imidazole rings is 1. The Balaban J connectivity index is 1.72. The van der Waals surface area contributed by atoms with E-state index in [2.05, 4.69) is 28.7 Å². The van der Waals surface area contributed by atoms with E-state index in [0.29, 0.717) is 24.6 Å². The Morgan fingerprint density at radius 1 is 1.26 bits per heavy atom. The second kappa shape index (κ2) is 8.70. The van der Waals surface area contributed by atoms with E-state index in [1.54, 1.807) is 6.20 Å². The van der Waals surface area contributed by atoms with Crippen LogP contribution < -0.4 is 5.32 Å². The van der Waals surface area contributed by atoms with Crippen molar-refractivity contribution in [2.45, 2.75) is 64.0 Å². The zero-order chi connectivity index (χ0) is 19.3. The van der Waals surface area contributed by atoms with Crippen molar-refractivity contribution in [3.63, 3.8) is 0 Å². The van der Waals surface area contributed by atoms with Gasteiger partial charge in [-0.2, -0.15) is 0 Å². The molecule has 1 heterocycles. The predicted molar refractivity (Wildman–Crippen MR) is 106 cm³/mol. The average Bonchev–Trinajstić information content (AvgIpc) is 3.17. The number of hydrogen-bond donors (Lipinski definition) is 2. The smallest absolute Gasteiger partial charge is 0.256 e. The standard InChI is InChI=1S/C22H31N3O2/c1-17(2)20-23-13-15-25(20)16-14-24-21(26)22(27,18-9-5-3-6-10-18)19-11-7-4-8-12-19/h3,5-6,9-10,13,15,17,19,27H,4,7-8,11-12,14,16H2,1-2H3,(H,24,26). The van der Waals surface area contributed by atoms with Gasteiger partial charge in [-0.05, 0) is 18.4 Å². The molecule has 1 amide bonds. The van der Waals surface area contributed by atoms with Gasteiger partial charge in [0, 0.05) is 37.3 Å². The molecule has 0 aliphatic heterocycles. The van der Waals surface area contributed by atoms with Gasteiger partial charge in [0.2, 0.25) is 0 Å². The van der Waals surface area contributed by atoms with Crippen molar-refractivity contribution in [3.05, 3.63) is 54.1 Å². The molecule has 27 heavy (non-hydrogen) atoms. The zero-order valence-electron chi connectivity index (χ0n) is 16.4. The van der Waals surface area contributed by atoms with E-state index in [1.807, 2.05) is 36.5 Å². The fourth-order valence-electron chi connectivity index (χ4n) is 4.20. The molecule has 5 heteroatoms. The first kappa shape index (κ1) is 19.6. The fourth-order valence-corrected chi connectivity index (χ4v) is 4.20. The molecule has 2 aromatic rings. The zero-order valence-corrected chi connectivity index (χ0v) is 16.4. The van der Waals surface area contributed by atoms with Gasteiger partial charge in [0.1, 0.15) is 5.82 Å². The van der Waals surface area contributed by atoms with Gasteiger partial charge in [0.25, 0.3) is 5.91 Å². The molecule has 1 atom stereocenters. The Hall–Kier alpha value is -2.14. The van der Waals surface area contributed by atoms with E-state index >= 15 is 0 Å². The third kappa shape index (κ3) is 4.24. The van der Waals surface area contributed by atoms with E-state index in [1.165, 1.54) is 6.42 Å². The first-order valence-corrected chi connectivity index (χ1v) is 10.1. The summed E-state index contributed by atoms with van der Waals surface area (Å²) < 4.78 is 2.06. The Kier molecular flexibility index (Phi) is 6.32. The number of nitrogens with zero attached hydrogens (tertiary/aromatic N) is 2. The quantitative estimate of drug-likeness (QED) is 0.784. The topological polar surface area (TPSA) is 67.2 Å². The average molecular weight is 370 g/mol. The van der Waals surface area contributed by atoms with Crippen LogP contribution in [0.25, 0.3) is 0 Å². The van der Waals surface area contributed by atoms with Gasteiger partial charge in [0.05, 0.1) is 0 Å². The summed E-state index contributed by atoms with van der Waals surface area (Å²) in [5.41, 5.74) is -0.766. The maximum Gasteiger partial charge on any atom is 0.256 e. The minimum absolute atomic E-state index is 0.0341. The molecule has 0 radical (unpaired) electrons. The van der Waals surface area contributed by atoms with Crippen LogP contribution in [0.15, 0.2) is 42.7 Å². The third-order valence-electron chi connectivity index (χ3n) is 5.66. The van der Waals surface area contributed by atoms with Gasteiger partial charge in [-0.25, -0.2) is 4.98 Å². The number of hydrogen-bond acceptors (Lipinski definition) is 3. The molecule has 0 bridgehead atoms. The summed E-state index contributed by atoms with van der Waals surface area (Å²) in [6.45, 7) is 5.33. The first-order chi connectivity index (χ1) is 13.0. The van der Waals surface area contributed by atoms with Crippen molar-refractivity contribution in [2.75, 3.05) is 6.54 Å². The summed E-state index contributed by atoms with van der Waals surface area (Å²) in [5.74, 6) is 1.02. The Bertz CT molecular complexity index is 735. The number of carbonyl (C=O) groups excluding carboxylic acids is 1. The van der Waals surface area contributed by atoms with Crippen LogP contribution in [0.1, 0.15) is 63.3 Å². The minimum atomic E-state index is -1.46. The fraction of sp³-hybridized carbons (Fsp3) is 0.545. The van der Waals surface area contributed by atoms with E-state index in [-0.39, 0.29) is 11.8 Å². The minimum Gasteiger partial charge on any atom is -0.375 e. The normalized spacial score (nSPS) is 17.6. The van der Waals surface area contributed by atoms with Crippen LogP contribution in [0.4, 0.5) is 0 Å². The summed E-state index contributed by atoms with van der Waals surface area (Å²) >= 11 is 0. The van der Waals surface area contributed by atoms with Crippen LogP contribution >= 0.6 is 0 Å². The van der Waals surface area contributed by atoms with E-state index in [4.69, 9.17) is 0 Å². The number of carbonyl (C=O) groups is 1. The molecule has 1 aromatic heterocycles. The molecule has 0 saturated heterocycles. The maximum absolute atomic E-state index is 13.1. The van der Waals surface area contributed by atoms with Crippen molar-refractivity contribution < 1.29 is 9.90 Å². The van der Waals surface area contributed by atoms with Crippen LogP contribution in [-0.4, -0.2) is 27.1 Å². The van der Waals surface area contributed by atoms with Gasteiger partial charge >= 0.3 is 0 Å². The highest BCUT2D eigenvalue weighted by Gasteiger charge is 2.45. The highest BCUT2D eigenvalue weighted by molar-refractivity contribution is 5.86. The highest BCUT2D eigenvalue weighted by Crippen LogP contribution is 2.39. The van der Waals surface area contributed by atoms with E-state index in [0.717, 1.165) is 31.5 Å². The number of benzene rings is 1. The molecule has 1 aromatic carbocycles. The SMILES string of the molecule is CC(C)c1nccn1CCNC(=O)C(O)(c1ccccc1)C1CCCCC1. The van der Waals surface area contributed by atoms with Crippen molar-refractivity contribution in [1.82, 2.24) is 14.9 Å². The molecule has 1 saturated carbocycles. The van der Waals surface area contributed by atoms with Crippen molar-refractivity contribution >= 4 is 5.91 Å². The van der Waals surface area contributed by atoms with Gasteiger partial charge < -0.3 is 15.0 Å². The van der Waals surface area contributed by atoms with E-state index < -0.39 is 5.60 Å². The summed E-state index contributed by atoms with van der Waals surface area (Å²) in [7, 11) is 0. The van der Waals surface area contributed by atoms with Crippen molar-refractivity contribution in [2.24, 2.45) is 5.92 Å². The summed E-state index contributed by atoms with van der Waals surface area (Å²) in [4.78, 5) is 17.5. The van der Waals surface area contributed by atoms with Crippen LogP contribution in [0.3, 0.4) is 0 Å². The molecule has 1 unspecified atom stereocenters. The molecule has 5 nitrogen and oxygen atoms in total. The Morgan fingerprint density at radius 2 is 1.96 bits per heavy atom. The number of aliphatic hydroxyl groups is 1. The molecule has 1 fully saturated rings. The molecule has 0 spiro atoms. The van der Waals surface area contributed by atoms with Crippen molar-refractivity contribution in [1.29, 1.82) is 0 Å². The Labute approximate surface area is 161 Å². The van der Waals surface area contributed by atoms with Gasteiger partial charge in [-0.15, -0.1) is 0 Å². The highest BCUT2D eigenvalue weighted by atomic mass is 16.3. The Morgan fingerprint density at radius 3 is 2.63 bits per heavy atom.